The number of halogens is 2. The Kier molecular flexibility index (Phi) is 4.95. The van der Waals surface area contributed by atoms with Crippen LogP contribution >= 0.6 is 0 Å². The Hall–Kier alpha value is -1.47. The highest BCUT2D eigenvalue weighted by Crippen LogP contribution is 2.23. The van der Waals surface area contributed by atoms with E-state index < -0.39 is 32.2 Å². The van der Waals surface area contributed by atoms with Crippen LogP contribution in [0.1, 0.15) is 32.1 Å². The van der Waals surface area contributed by atoms with Gasteiger partial charge in [-0.1, -0.05) is 11.6 Å². The zero-order chi connectivity index (χ0) is 15.5. The maximum absolute atomic E-state index is 13.7. The summed E-state index contributed by atoms with van der Waals surface area (Å²) in [6.07, 6.45) is 6.98. The summed E-state index contributed by atoms with van der Waals surface area (Å²) in [5.74, 6) is -2.22. The molecule has 0 spiro atoms. The summed E-state index contributed by atoms with van der Waals surface area (Å²) in [5, 5.41) is 0. The van der Waals surface area contributed by atoms with Crippen LogP contribution in [0.15, 0.2) is 28.7 Å². The molecule has 3 N–H and O–H groups in total. The van der Waals surface area contributed by atoms with Crippen molar-refractivity contribution in [3.05, 3.63) is 35.4 Å². The minimum absolute atomic E-state index is 0.185. The second-order valence-electron chi connectivity index (χ2n) is 5.03. The Morgan fingerprint density at radius 3 is 2.67 bits per heavy atom. The molecule has 116 valence electrons. The van der Waals surface area contributed by atoms with Gasteiger partial charge in [0.2, 0.25) is 10.0 Å². The number of rotatable bonds is 5. The number of sulfonamides is 1. The molecule has 0 unspecified atom stereocenters. The molecule has 0 aliphatic heterocycles. The van der Waals surface area contributed by atoms with Gasteiger partial charge in [-0.15, -0.1) is 0 Å². The molecule has 0 atom stereocenters. The van der Waals surface area contributed by atoms with Crippen molar-refractivity contribution < 1.29 is 17.2 Å². The lowest BCUT2D eigenvalue weighted by Crippen LogP contribution is -2.26. The van der Waals surface area contributed by atoms with Gasteiger partial charge in [0.1, 0.15) is 16.4 Å². The topological polar surface area (TPSA) is 72.2 Å². The third kappa shape index (κ3) is 3.79. The number of hydrogen-bond acceptors (Lipinski definition) is 3. The van der Waals surface area contributed by atoms with Gasteiger partial charge in [0, 0.05) is 6.54 Å². The first-order chi connectivity index (χ1) is 9.92. The van der Waals surface area contributed by atoms with E-state index in [4.69, 9.17) is 5.73 Å². The van der Waals surface area contributed by atoms with Gasteiger partial charge in [0.15, 0.2) is 5.82 Å². The predicted octanol–water partition coefficient (Wildman–Crippen LogP) is 2.72. The maximum Gasteiger partial charge on any atom is 0.243 e. The summed E-state index contributed by atoms with van der Waals surface area (Å²) in [6, 6.07) is 1.72. The minimum atomic E-state index is -4.03. The fourth-order valence-corrected chi connectivity index (χ4v) is 3.43. The fourth-order valence-electron chi connectivity index (χ4n) is 2.31. The van der Waals surface area contributed by atoms with Gasteiger partial charge in [-0.05, 0) is 44.2 Å². The lowest BCUT2D eigenvalue weighted by atomic mass is 9.97. The van der Waals surface area contributed by atoms with Crippen molar-refractivity contribution >= 4 is 15.7 Å². The number of nitrogen functional groups attached to an aromatic ring is 1. The number of hydrogen-bond donors (Lipinski definition) is 2. The van der Waals surface area contributed by atoms with E-state index in [0.29, 0.717) is 6.42 Å². The van der Waals surface area contributed by atoms with E-state index in [1.54, 1.807) is 0 Å². The number of anilines is 1. The van der Waals surface area contributed by atoms with Gasteiger partial charge in [-0.3, -0.25) is 0 Å². The molecule has 0 fully saturated rings. The van der Waals surface area contributed by atoms with Gasteiger partial charge in [0.05, 0.1) is 0 Å². The highest BCUT2D eigenvalue weighted by atomic mass is 32.2. The van der Waals surface area contributed by atoms with Crippen molar-refractivity contribution in [1.29, 1.82) is 0 Å². The van der Waals surface area contributed by atoms with E-state index in [9.17, 15) is 17.2 Å². The standard InChI is InChI=1S/C14H18F2N2O2S/c15-11-6-7-12(13(16)14(11)17)21(19,20)18-9-8-10-4-2-1-3-5-10/h4,6-7,18H,1-3,5,8-9,17H2. The van der Waals surface area contributed by atoms with Gasteiger partial charge < -0.3 is 5.73 Å². The normalized spacial score (nSPS) is 15.8. The Morgan fingerprint density at radius 2 is 2.00 bits per heavy atom. The number of allylic oxidation sites excluding steroid dienone is 1. The van der Waals surface area contributed by atoms with Gasteiger partial charge in [-0.2, -0.15) is 0 Å². The highest BCUT2D eigenvalue weighted by Gasteiger charge is 2.22. The number of nitrogens with one attached hydrogen (secondary N) is 1. The molecule has 4 nitrogen and oxygen atoms in total. The van der Waals surface area contributed by atoms with E-state index in [-0.39, 0.29) is 6.54 Å². The fraction of sp³-hybridized carbons (Fsp3) is 0.429. The van der Waals surface area contributed by atoms with Gasteiger partial charge in [-0.25, -0.2) is 21.9 Å². The van der Waals surface area contributed by atoms with Crippen LogP contribution in [0.5, 0.6) is 0 Å². The average Bonchev–Trinajstić information content (AvgIpc) is 2.45. The molecule has 0 bridgehead atoms. The summed E-state index contributed by atoms with van der Waals surface area (Å²) in [4.78, 5) is -0.626. The smallest absolute Gasteiger partial charge is 0.243 e. The van der Waals surface area contributed by atoms with Crippen molar-refractivity contribution in [3.8, 4) is 0 Å². The molecule has 1 aliphatic rings. The van der Waals surface area contributed by atoms with E-state index in [1.807, 2.05) is 0 Å². The molecule has 0 saturated carbocycles. The first-order valence-electron chi connectivity index (χ1n) is 6.83. The zero-order valence-corrected chi connectivity index (χ0v) is 12.3. The van der Waals surface area contributed by atoms with Crippen LogP contribution in [0.4, 0.5) is 14.5 Å². The van der Waals surface area contributed by atoms with Crippen LogP contribution in [-0.2, 0) is 10.0 Å². The molecule has 1 aromatic carbocycles. The van der Waals surface area contributed by atoms with Gasteiger partial charge in [0.25, 0.3) is 0 Å². The van der Waals surface area contributed by atoms with Crippen LogP contribution in [0.3, 0.4) is 0 Å². The summed E-state index contributed by atoms with van der Waals surface area (Å²) >= 11 is 0. The van der Waals surface area contributed by atoms with Crippen molar-refractivity contribution in [2.75, 3.05) is 12.3 Å². The van der Waals surface area contributed by atoms with E-state index >= 15 is 0 Å². The molecule has 0 saturated heterocycles. The van der Waals surface area contributed by atoms with E-state index in [2.05, 4.69) is 10.8 Å². The highest BCUT2D eigenvalue weighted by molar-refractivity contribution is 7.89. The lowest BCUT2D eigenvalue weighted by molar-refractivity contribution is 0.547. The average molecular weight is 316 g/mol. The molecule has 0 aromatic heterocycles. The minimum Gasteiger partial charge on any atom is -0.394 e. The summed E-state index contributed by atoms with van der Waals surface area (Å²) in [7, 11) is -4.03. The molecule has 7 heteroatoms. The maximum atomic E-state index is 13.7. The second kappa shape index (κ2) is 6.53. The Bertz CT molecular complexity index is 657. The van der Waals surface area contributed by atoms with Crippen LogP contribution in [0.25, 0.3) is 0 Å². The largest absolute Gasteiger partial charge is 0.394 e. The molecule has 1 aromatic rings. The third-order valence-electron chi connectivity index (χ3n) is 3.50. The van der Waals surface area contributed by atoms with Crippen molar-refractivity contribution in [1.82, 2.24) is 4.72 Å². The second-order valence-corrected chi connectivity index (χ2v) is 6.76. The third-order valence-corrected chi connectivity index (χ3v) is 4.98. The van der Waals surface area contributed by atoms with Crippen molar-refractivity contribution in [2.45, 2.75) is 37.0 Å². The Morgan fingerprint density at radius 1 is 1.24 bits per heavy atom. The predicted molar refractivity (Wildman–Crippen MR) is 77.1 cm³/mol. The van der Waals surface area contributed by atoms with Gasteiger partial charge >= 0.3 is 0 Å². The molecule has 0 radical (unpaired) electrons. The summed E-state index contributed by atoms with van der Waals surface area (Å²) < 4.78 is 53.1. The Balaban J connectivity index is 2.05. The molecule has 2 rings (SSSR count). The van der Waals surface area contributed by atoms with E-state index in [0.717, 1.165) is 37.8 Å². The van der Waals surface area contributed by atoms with Crippen LogP contribution in [-0.4, -0.2) is 15.0 Å². The molecule has 1 aliphatic carbocycles. The Labute approximate surface area is 123 Å². The molecule has 21 heavy (non-hydrogen) atoms. The molecule has 0 heterocycles. The van der Waals surface area contributed by atoms with Crippen molar-refractivity contribution in [3.63, 3.8) is 0 Å². The van der Waals surface area contributed by atoms with Crippen LogP contribution < -0.4 is 10.5 Å². The van der Waals surface area contributed by atoms with E-state index in [1.165, 1.54) is 5.57 Å². The quantitative estimate of drug-likeness (QED) is 0.648. The molecule has 0 amide bonds. The zero-order valence-electron chi connectivity index (χ0n) is 11.5. The molecular weight excluding hydrogens is 298 g/mol. The summed E-state index contributed by atoms with van der Waals surface area (Å²) in [5.41, 5.74) is 5.60. The first-order valence-corrected chi connectivity index (χ1v) is 8.31. The molecular formula is C14H18F2N2O2S. The lowest BCUT2D eigenvalue weighted by Gasteiger charge is -2.13. The SMILES string of the molecule is Nc1c(F)ccc(S(=O)(=O)NCCC2=CCCCC2)c1F. The number of nitrogens with two attached hydrogens (primary N) is 1. The van der Waals surface area contributed by atoms with Crippen LogP contribution in [0.2, 0.25) is 0 Å². The monoisotopic (exact) mass is 316 g/mol. The number of benzene rings is 1. The van der Waals surface area contributed by atoms with Crippen LogP contribution in [0, 0.1) is 11.6 Å². The summed E-state index contributed by atoms with van der Waals surface area (Å²) in [6.45, 7) is 0.185. The van der Waals surface area contributed by atoms with Crippen molar-refractivity contribution in [2.24, 2.45) is 0 Å². The first kappa shape index (κ1) is 15.9.